The summed E-state index contributed by atoms with van der Waals surface area (Å²) in [6, 6.07) is 1.86. The van der Waals surface area contributed by atoms with Gasteiger partial charge in [-0.1, -0.05) is 0 Å². The third-order valence-corrected chi connectivity index (χ3v) is 5.14. The van der Waals surface area contributed by atoms with Crippen LogP contribution in [0.1, 0.15) is 37.9 Å². The Morgan fingerprint density at radius 2 is 1.94 bits per heavy atom. The van der Waals surface area contributed by atoms with Crippen LogP contribution in [0.15, 0.2) is 21.2 Å². The van der Waals surface area contributed by atoms with Crippen LogP contribution < -0.4 is 0 Å². The highest BCUT2D eigenvalue weighted by molar-refractivity contribution is 9.10. The highest BCUT2D eigenvalue weighted by Gasteiger charge is 2.57. The van der Waals surface area contributed by atoms with Gasteiger partial charge in [-0.3, -0.25) is 0 Å². The number of rotatable bonds is 1. The summed E-state index contributed by atoms with van der Waals surface area (Å²) >= 11 is 3.48. The maximum absolute atomic E-state index is 11.1. The lowest BCUT2D eigenvalue weighted by atomic mass is 9.68. The number of aliphatic hydroxyl groups is 1. The third-order valence-electron chi connectivity index (χ3n) is 4.51. The van der Waals surface area contributed by atoms with Crippen LogP contribution in [-0.2, 0) is 10.3 Å². The number of hydrogen-bond donors (Lipinski definition) is 1. The van der Waals surface area contributed by atoms with Gasteiger partial charge in [0.2, 0.25) is 0 Å². The van der Waals surface area contributed by atoms with Crippen molar-refractivity contribution in [1.82, 2.24) is 0 Å². The van der Waals surface area contributed by atoms with Gasteiger partial charge in [0.25, 0.3) is 0 Å². The normalized spacial score (nSPS) is 32.1. The lowest BCUT2D eigenvalue weighted by Gasteiger charge is -2.44. The van der Waals surface area contributed by atoms with Gasteiger partial charge in [0.15, 0.2) is 0 Å². The van der Waals surface area contributed by atoms with Gasteiger partial charge in [0, 0.05) is 18.6 Å². The van der Waals surface area contributed by atoms with E-state index in [1.165, 1.54) is 0 Å². The summed E-state index contributed by atoms with van der Waals surface area (Å²) in [6.45, 7) is 1.50. The maximum atomic E-state index is 11.1. The fourth-order valence-corrected chi connectivity index (χ4v) is 4.05. The zero-order valence-electron chi connectivity index (χ0n) is 9.75. The summed E-state index contributed by atoms with van der Waals surface area (Å²) < 4.78 is 11.9. The zero-order chi connectivity index (χ0) is 11.9. The minimum atomic E-state index is -0.820. The second-order valence-corrected chi connectivity index (χ2v) is 6.06. The molecule has 3 nitrogen and oxygen atoms in total. The highest BCUT2D eigenvalue weighted by Crippen LogP contribution is 2.58. The van der Waals surface area contributed by atoms with E-state index < -0.39 is 5.60 Å². The fraction of sp³-hybridized carbons (Fsp3) is 0.692. The number of furan rings is 1. The average molecular weight is 301 g/mol. The molecule has 1 saturated heterocycles. The van der Waals surface area contributed by atoms with Crippen molar-refractivity contribution in [3.63, 3.8) is 0 Å². The van der Waals surface area contributed by atoms with Crippen LogP contribution in [0.4, 0.5) is 0 Å². The summed E-state index contributed by atoms with van der Waals surface area (Å²) in [5, 5.41) is 11.1. The summed E-state index contributed by atoms with van der Waals surface area (Å²) in [7, 11) is 0. The van der Waals surface area contributed by atoms with Crippen LogP contribution >= 0.6 is 15.9 Å². The molecule has 94 valence electrons. The molecule has 17 heavy (non-hydrogen) atoms. The molecule has 1 aliphatic carbocycles. The largest absolute Gasteiger partial charge is 0.465 e. The van der Waals surface area contributed by atoms with E-state index in [1.54, 1.807) is 6.26 Å². The second kappa shape index (κ2) is 4.11. The Balaban J connectivity index is 2.02. The van der Waals surface area contributed by atoms with Crippen LogP contribution in [0, 0.1) is 5.41 Å². The number of hydrogen-bond acceptors (Lipinski definition) is 3. The molecule has 1 unspecified atom stereocenters. The van der Waals surface area contributed by atoms with E-state index in [0.717, 1.165) is 49.8 Å². The lowest BCUT2D eigenvalue weighted by Crippen LogP contribution is -2.45. The van der Waals surface area contributed by atoms with Gasteiger partial charge < -0.3 is 14.3 Å². The molecule has 1 spiro atoms. The molecule has 1 N–H and O–H groups in total. The Labute approximate surface area is 109 Å². The molecule has 1 atom stereocenters. The number of ether oxygens (including phenoxy) is 1. The predicted octanol–water partition coefficient (Wildman–Crippen LogP) is 3.21. The average Bonchev–Trinajstić information content (AvgIpc) is 2.88. The Hall–Kier alpha value is -0.320. The van der Waals surface area contributed by atoms with E-state index in [9.17, 15) is 5.11 Å². The van der Waals surface area contributed by atoms with Crippen LogP contribution in [0.3, 0.4) is 0 Å². The molecule has 0 aromatic carbocycles. The monoisotopic (exact) mass is 300 g/mol. The Morgan fingerprint density at radius 1 is 1.18 bits per heavy atom. The van der Waals surface area contributed by atoms with Crippen molar-refractivity contribution in [2.75, 3.05) is 13.2 Å². The minimum Gasteiger partial charge on any atom is -0.465 e. The summed E-state index contributed by atoms with van der Waals surface area (Å²) in [5.74, 6) is 0.705. The summed E-state index contributed by atoms with van der Waals surface area (Å²) in [4.78, 5) is 0. The molecule has 4 heteroatoms. The van der Waals surface area contributed by atoms with Gasteiger partial charge in [-0.25, -0.2) is 0 Å². The van der Waals surface area contributed by atoms with Crippen molar-refractivity contribution in [2.24, 2.45) is 5.41 Å². The molecule has 0 radical (unpaired) electrons. The van der Waals surface area contributed by atoms with E-state index >= 15 is 0 Å². The smallest absolute Gasteiger partial charge is 0.150 e. The topological polar surface area (TPSA) is 42.6 Å². The van der Waals surface area contributed by atoms with Gasteiger partial charge in [-0.2, -0.15) is 0 Å². The first-order chi connectivity index (χ1) is 8.18. The van der Waals surface area contributed by atoms with Crippen LogP contribution in [0.5, 0.6) is 0 Å². The molecule has 0 bridgehead atoms. The second-order valence-electron chi connectivity index (χ2n) is 5.20. The summed E-state index contributed by atoms with van der Waals surface area (Å²) in [6.07, 6.45) is 6.42. The first-order valence-corrected chi connectivity index (χ1v) is 7.01. The van der Waals surface area contributed by atoms with Crippen LogP contribution in [0.2, 0.25) is 0 Å². The molecule has 0 amide bonds. The Bertz CT molecular complexity index is 409. The molecule has 2 heterocycles. The highest BCUT2D eigenvalue weighted by atomic mass is 79.9. The standard InChI is InChI=1S/C13H17BrO3/c14-10-2-7-17-11(10)13(15)4-1-3-12(13)5-8-16-9-6-12/h2,7,15H,1,3-6,8-9H2. The van der Waals surface area contributed by atoms with E-state index in [-0.39, 0.29) is 5.41 Å². The van der Waals surface area contributed by atoms with Crippen LogP contribution in [-0.4, -0.2) is 18.3 Å². The first kappa shape index (κ1) is 11.8. The van der Waals surface area contributed by atoms with Gasteiger partial charge in [-0.05, 0) is 54.1 Å². The van der Waals surface area contributed by atoms with Crippen molar-refractivity contribution < 1.29 is 14.3 Å². The molecule has 1 aromatic heterocycles. The zero-order valence-corrected chi connectivity index (χ0v) is 11.3. The fourth-order valence-electron chi connectivity index (χ4n) is 3.52. The molecule has 2 aliphatic rings. The lowest BCUT2D eigenvalue weighted by molar-refractivity contribution is -0.129. The van der Waals surface area contributed by atoms with Crippen molar-refractivity contribution in [3.05, 3.63) is 22.6 Å². The summed E-state index contributed by atoms with van der Waals surface area (Å²) in [5.41, 5.74) is -0.870. The van der Waals surface area contributed by atoms with Gasteiger partial charge in [0.1, 0.15) is 11.4 Å². The predicted molar refractivity (Wildman–Crippen MR) is 66.6 cm³/mol. The van der Waals surface area contributed by atoms with E-state index in [4.69, 9.17) is 9.15 Å². The molecular formula is C13H17BrO3. The molecule has 1 saturated carbocycles. The quantitative estimate of drug-likeness (QED) is 0.866. The van der Waals surface area contributed by atoms with E-state index in [1.807, 2.05) is 6.07 Å². The maximum Gasteiger partial charge on any atom is 0.150 e. The molecular weight excluding hydrogens is 284 g/mol. The van der Waals surface area contributed by atoms with Gasteiger partial charge >= 0.3 is 0 Å². The van der Waals surface area contributed by atoms with Crippen LogP contribution in [0.25, 0.3) is 0 Å². The first-order valence-electron chi connectivity index (χ1n) is 6.22. The number of halogens is 1. The van der Waals surface area contributed by atoms with E-state index in [2.05, 4.69) is 15.9 Å². The molecule has 3 rings (SSSR count). The van der Waals surface area contributed by atoms with Gasteiger partial charge in [0.05, 0.1) is 10.7 Å². The Morgan fingerprint density at radius 3 is 2.59 bits per heavy atom. The van der Waals surface area contributed by atoms with E-state index in [0.29, 0.717) is 5.76 Å². The van der Waals surface area contributed by atoms with Crippen molar-refractivity contribution in [1.29, 1.82) is 0 Å². The molecule has 2 fully saturated rings. The van der Waals surface area contributed by atoms with Gasteiger partial charge in [-0.15, -0.1) is 0 Å². The van der Waals surface area contributed by atoms with Crippen molar-refractivity contribution in [3.8, 4) is 0 Å². The third kappa shape index (κ3) is 1.61. The Kier molecular flexibility index (Phi) is 2.84. The minimum absolute atomic E-state index is 0.0500. The van der Waals surface area contributed by atoms with Crippen molar-refractivity contribution in [2.45, 2.75) is 37.7 Å². The SMILES string of the molecule is OC1(c2occc2Br)CCCC12CCOCC2. The molecule has 1 aliphatic heterocycles. The molecule has 1 aromatic rings. The van der Waals surface area contributed by atoms with Crippen molar-refractivity contribution >= 4 is 15.9 Å².